The lowest BCUT2D eigenvalue weighted by molar-refractivity contribution is 0.553. The molecule has 21 heavy (non-hydrogen) atoms. The van der Waals surface area contributed by atoms with Crippen LogP contribution in [0.4, 0.5) is 0 Å². The van der Waals surface area contributed by atoms with Crippen LogP contribution >= 0.6 is 0 Å². The van der Waals surface area contributed by atoms with E-state index >= 15 is 0 Å². The van der Waals surface area contributed by atoms with Crippen LogP contribution in [-0.2, 0) is 30.2 Å². The Morgan fingerprint density at radius 1 is 1.38 bits per heavy atom. The molecular formula is C13H21N5O2S. The van der Waals surface area contributed by atoms with Crippen molar-refractivity contribution in [3.05, 3.63) is 36.4 Å². The molecule has 0 fully saturated rings. The fourth-order valence-corrected chi connectivity index (χ4v) is 3.21. The Morgan fingerprint density at radius 2 is 2.19 bits per heavy atom. The van der Waals surface area contributed by atoms with Crippen molar-refractivity contribution in [2.45, 2.75) is 24.4 Å². The molecular weight excluding hydrogens is 290 g/mol. The van der Waals surface area contributed by atoms with E-state index in [9.17, 15) is 8.42 Å². The van der Waals surface area contributed by atoms with Gasteiger partial charge in [-0.3, -0.25) is 4.68 Å². The van der Waals surface area contributed by atoms with Gasteiger partial charge in [0.2, 0.25) is 10.0 Å². The monoisotopic (exact) mass is 311 g/mol. The summed E-state index contributed by atoms with van der Waals surface area (Å²) in [5, 5.41) is 7.08. The molecule has 2 aromatic rings. The lowest BCUT2D eigenvalue weighted by atomic mass is 10.4. The van der Waals surface area contributed by atoms with E-state index in [1.807, 2.05) is 30.9 Å². The van der Waals surface area contributed by atoms with Gasteiger partial charge in [-0.05, 0) is 25.6 Å². The number of nitrogens with one attached hydrogen (secondary N) is 2. The van der Waals surface area contributed by atoms with Crippen LogP contribution in [0.1, 0.15) is 12.1 Å². The minimum absolute atomic E-state index is 0.300. The van der Waals surface area contributed by atoms with Crippen molar-refractivity contribution < 1.29 is 8.42 Å². The van der Waals surface area contributed by atoms with Crippen LogP contribution < -0.4 is 10.0 Å². The smallest absolute Gasteiger partial charge is 0.242 e. The van der Waals surface area contributed by atoms with Gasteiger partial charge in [-0.15, -0.1) is 0 Å². The second-order valence-electron chi connectivity index (χ2n) is 4.83. The summed E-state index contributed by atoms with van der Waals surface area (Å²) in [6, 6.07) is 3.53. The first-order valence-electron chi connectivity index (χ1n) is 6.80. The number of rotatable bonds is 8. The fourth-order valence-electron chi connectivity index (χ4n) is 2.04. The third kappa shape index (κ3) is 4.16. The number of hydrogen-bond donors (Lipinski definition) is 2. The summed E-state index contributed by atoms with van der Waals surface area (Å²) in [5.74, 6) is 0. The molecule has 0 aliphatic heterocycles. The van der Waals surface area contributed by atoms with E-state index < -0.39 is 10.0 Å². The Labute approximate surface area is 125 Å². The van der Waals surface area contributed by atoms with Gasteiger partial charge < -0.3 is 9.88 Å². The average molecular weight is 311 g/mol. The lowest BCUT2D eigenvalue weighted by Gasteiger charge is -2.05. The van der Waals surface area contributed by atoms with Crippen LogP contribution in [0.5, 0.6) is 0 Å². The van der Waals surface area contributed by atoms with E-state index in [-0.39, 0.29) is 0 Å². The van der Waals surface area contributed by atoms with Crippen LogP contribution in [0.2, 0.25) is 0 Å². The maximum Gasteiger partial charge on any atom is 0.242 e. The molecule has 2 aromatic heterocycles. The van der Waals surface area contributed by atoms with Gasteiger partial charge in [0, 0.05) is 51.0 Å². The number of sulfonamides is 1. The van der Waals surface area contributed by atoms with Gasteiger partial charge in [-0.25, -0.2) is 13.1 Å². The molecule has 8 heteroatoms. The molecule has 0 aromatic carbocycles. The Hall–Kier alpha value is -1.64. The van der Waals surface area contributed by atoms with E-state index in [0.29, 0.717) is 31.0 Å². The summed E-state index contributed by atoms with van der Waals surface area (Å²) in [5.41, 5.74) is 0.925. The third-order valence-electron chi connectivity index (χ3n) is 3.17. The van der Waals surface area contributed by atoms with Crippen LogP contribution in [0.3, 0.4) is 0 Å². The van der Waals surface area contributed by atoms with Crippen molar-refractivity contribution in [3.8, 4) is 0 Å². The molecule has 0 saturated heterocycles. The molecule has 0 aliphatic rings. The van der Waals surface area contributed by atoms with E-state index in [1.54, 1.807) is 23.1 Å². The highest BCUT2D eigenvalue weighted by atomic mass is 32.2. The first kappa shape index (κ1) is 15.7. The maximum atomic E-state index is 12.2. The predicted molar refractivity (Wildman–Crippen MR) is 80.2 cm³/mol. The highest BCUT2D eigenvalue weighted by Gasteiger charge is 2.16. The topological polar surface area (TPSA) is 81.0 Å². The second-order valence-corrected chi connectivity index (χ2v) is 6.60. The predicted octanol–water partition coefficient (Wildman–Crippen LogP) is 0.310. The van der Waals surface area contributed by atoms with Gasteiger partial charge in [-0.1, -0.05) is 0 Å². The molecule has 0 atom stereocenters. The molecule has 0 saturated carbocycles. The van der Waals surface area contributed by atoms with Crippen molar-refractivity contribution in [2.24, 2.45) is 7.05 Å². The zero-order valence-corrected chi connectivity index (χ0v) is 13.1. The third-order valence-corrected chi connectivity index (χ3v) is 4.59. The molecule has 0 bridgehead atoms. The molecule has 2 N–H and O–H groups in total. The van der Waals surface area contributed by atoms with Crippen LogP contribution in [-0.4, -0.2) is 36.4 Å². The van der Waals surface area contributed by atoms with Gasteiger partial charge in [-0.2, -0.15) is 5.10 Å². The summed E-state index contributed by atoms with van der Waals surface area (Å²) in [7, 11) is 0.215. The van der Waals surface area contributed by atoms with Crippen LogP contribution in [0.25, 0.3) is 0 Å². The highest BCUT2D eigenvalue weighted by Crippen LogP contribution is 2.13. The normalized spacial score (nSPS) is 11.9. The SMILES string of the molecule is CNCc1cc(S(=O)(=O)NCCCn2cccn2)cn1C. The average Bonchev–Trinajstić information content (AvgIpc) is 3.06. The molecule has 0 unspecified atom stereocenters. The van der Waals surface area contributed by atoms with Crippen molar-refractivity contribution in [1.82, 2.24) is 24.4 Å². The Morgan fingerprint density at radius 3 is 2.86 bits per heavy atom. The van der Waals surface area contributed by atoms with E-state index in [0.717, 1.165) is 5.69 Å². The van der Waals surface area contributed by atoms with Crippen molar-refractivity contribution >= 4 is 10.0 Å². The summed E-state index contributed by atoms with van der Waals surface area (Å²) in [4.78, 5) is 0.300. The minimum Gasteiger partial charge on any atom is -0.352 e. The number of aromatic nitrogens is 3. The van der Waals surface area contributed by atoms with Crippen molar-refractivity contribution in [3.63, 3.8) is 0 Å². The Balaban J connectivity index is 1.90. The molecule has 116 valence electrons. The highest BCUT2D eigenvalue weighted by molar-refractivity contribution is 7.89. The van der Waals surface area contributed by atoms with Gasteiger partial charge in [0.25, 0.3) is 0 Å². The van der Waals surface area contributed by atoms with Crippen molar-refractivity contribution in [1.29, 1.82) is 0 Å². The molecule has 0 radical (unpaired) electrons. The van der Waals surface area contributed by atoms with Crippen LogP contribution in [0, 0.1) is 0 Å². The zero-order chi connectivity index (χ0) is 15.3. The second kappa shape index (κ2) is 6.88. The summed E-state index contributed by atoms with van der Waals surface area (Å²) in [6.45, 7) is 1.71. The van der Waals surface area contributed by atoms with Crippen molar-refractivity contribution in [2.75, 3.05) is 13.6 Å². The largest absolute Gasteiger partial charge is 0.352 e. The van der Waals surface area contributed by atoms with E-state index in [4.69, 9.17) is 0 Å². The van der Waals surface area contributed by atoms with E-state index in [2.05, 4.69) is 15.1 Å². The minimum atomic E-state index is -3.45. The summed E-state index contributed by atoms with van der Waals surface area (Å²) >= 11 is 0. The standard InChI is InChI=1S/C13H21N5O2S/c1-14-10-12-9-13(11-17(12)2)21(19,20)16-6-4-8-18-7-3-5-15-18/h3,5,7,9,11,14,16H,4,6,8,10H2,1-2H3. The van der Waals surface area contributed by atoms with Crippen LogP contribution in [0.15, 0.2) is 35.6 Å². The van der Waals surface area contributed by atoms with Gasteiger partial charge in [0.15, 0.2) is 0 Å². The van der Waals surface area contributed by atoms with Gasteiger partial charge >= 0.3 is 0 Å². The first-order valence-corrected chi connectivity index (χ1v) is 8.28. The number of hydrogen-bond acceptors (Lipinski definition) is 4. The number of aryl methyl sites for hydroxylation is 2. The molecule has 0 spiro atoms. The summed E-state index contributed by atoms with van der Waals surface area (Å²) in [6.07, 6.45) is 5.88. The molecule has 0 aliphatic carbocycles. The molecule has 2 rings (SSSR count). The quantitative estimate of drug-likeness (QED) is 0.688. The zero-order valence-electron chi connectivity index (χ0n) is 12.3. The summed E-state index contributed by atoms with van der Waals surface area (Å²) < 4.78 is 30.6. The Bertz CT molecular complexity index is 661. The van der Waals surface area contributed by atoms with E-state index in [1.165, 1.54) is 0 Å². The molecule has 7 nitrogen and oxygen atoms in total. The maximum absolute atomic E-state index is 12.2. The first-order chi connectivity index (χ1) is 10.0. The van der Waals surface area contributed by atoms with Gasteiger partial charge in [0.1, 0.15) is 0 Å². The lowest BCUT2D eigenvalue weighted by Crippen LogP contribution is -2.25. The molecule has 2 heterocycles. The molecule has 0 amide bonds. The number of nitrogens with zero attached hydrogens (tertiary/aromatic N) is 3. The fraction of sp³-hybridized carbons (Fsp3) is 0.462. The van der Waals surface area contributed by atoms with Gasteiger partial charge in [0.05, 0.1) is 4.90 Å². The Kier molecular flexibility index (Phi) is 5.16.